The number of aliphatic hydroxyl groups excluding tert-OH is 1. The predicted octanol–water partition coefficient (Wildman–Crippen LogP) is 2.23. The van der Waals surface area contributed by atoms with Gasteiger partial charge in [-0.3, -0.25) is 4.98 Å². The summed E-state index contributed by atoms with van der Waals surface area (Å²) in [5.41, 5.74) is 1.10. The second kappa shape index (κ2) is 7.07. The summed E-state index contributed by atoms with van der Waals surface area (Å²) in [6, 6.07) is 6.88. The molecule has 0 aliphatic rings. The Kier molecular flexibility index (Phi) is 5.15. The first-order valence-corrected chi connectivity index (χ1v) is 6.39. The Bertz CT molecular complexity index is 549. The van der Waals surface area contributed by atoms with Gasteiger partial charge in [0.2, 0.25) is 0 Å². The zero-order chi connectivity index (χ0) is 14.4. The standard InChI is InChI=1S/C15H16F2N2O/c16-12-1-2-14(17)13(9-12)15(20)10-19-8-5-11-3-6-18-7-4-11/h1-4,6-7,9,15,19-20H,5,8,10H2. The quantitative estimate of drug-likeness (QED) is 0.796. The highest BCUT2D eigenvalue weighted by Crippen LogP contribution is 2.17. The van der Waals surface area contributed by atoms with Gasteiger partial charge in [0.25, 0.3) is 0 Å². The number of halogens is 2. The maximum atomic E-state index is 13.4. The lowest BCUT2D eigenvalue weighted by Gasteiger charge is -2.13. The van der Waals surface area contributed by atoms with E-state index in [0.29, 0.717) is 6.54 Å². The van der Waals surface area contributed by atoms with E-state index in [1.165, 1.54) is 0 Å². The average Bonchev–Trinajstić information content (AvgIpc) is 2.47. The van der Waals surface area contributed by atoms with E-state index in [9.17, 15) is 13.9 Å². The first kappa shape index (κ1) is 14.6. The number of pyridine rings is 1. The van der Waals surface area contributed by atoms with Gasteiger partial charge in [-0.1, -0.05) is 0 Å². The SMILES string of the molecule is OC(CNCCc1ccncc1)c1cc(F)ccc1F. The Morgan fingerprint density at radius 1 is 1.15 bits per heavy atom. The zero-order valence-electron chi connectivity index (χ0n) is 10.9. The molecule has 0 aliphatic carbocycles. The minimum absolute atomic E-state index is 0.0265. The molecule has 3 nitrogen and oxygen atoms in total. The smallest absolute Gasteiger partial charge is 0.129 e. The van der Waals surface area contributed by atoms with E-state index in [1.54, 1.807) is 12.4 Å². The molecule has 0 bridgehead atoms. The highest BCUT2D eigenvalue weighted by Gasteiger charge is 2.13. The molecule has 2 N–H and O–H groups in total. The number of aromatic nitrogens is 1. The molecule has 0 spiro atoms. The molecule has 106 valence electrons. The molecule has 1 unspecified atom stereocenters. The van der Waals surface area contributed by atoms with Gasteiger partial charge in [0, 0.05) is 24.5 Å². The van der Waals surface area contributed by atoms with Crippen molar-refractivity contribution in [2.75, 3.05) is 13.1 Å². The van der Waals surface area contributed by atoms with Crippen molar-refractivity contribution in [2.45, 2.75) is 12.5 Å². The van der Waals surface area contributed by atoms with E-state index in [0.717, 1.165) is 30.2 Å². The van der Waals surface area contributed by atoms with Crippen molar-refractivity contribution in [3.05, 3.63) is 65.5 Å². The third-order valence-corrected chi connectivity index (χ3v) is 2.99. The van der Waals surface area contributed by atoms with Crippen molar-refractivity contribution in [1.29, 1.82) is 0 Å². The van der Waals surface area contributed by atoms with Gasteiger partial charge in [-0.2, -0.15) is 0 Å². The summed E-state index contributed by atoms with van der Waals surface area (Å²) in [4.78, 5) is 3.92. The van der Waals surface area contributed by atoms with Crippen LogP contribution in [0.5, 0.6) is 0 Å². The van der Waals surface area contributed by atoms with Crippen molar-refractivity contribution >= 4 is 0 Å². The van der Waals surface area contributed by atoms with Crippen molar-refractivity contribution < 1.29 is 13.9 Å². The van der Waals surface area contributed by atoms with E-state index in [4.69, 9.17) is 0 Å². The average molecular weight is 278 g/mol. The van der Waals surface area contributed by atoms with Crippen LogP contribution in [0.25, 0.3) is 0 Å². The van der Waals surface area contributed by atoms with Crippen LogP contribution in [0.3, 0.4) is 0 Å². The first-order valence-electron chi connectivity index (χ1n) is 6.39. The first-order chi connectivity index (χ1) is 9.66. The van der Waals surface area contributed by atoms with Crippen molar-refractivity contribution in [3.8, 4) is 0 Å². The van der Waals surface area contributed by atoms with Crippen LogP contribution in [0.15, 0.2) is 42.7 Å². The van der Waals surface area contributed by atoms with Crippen LogP contribution < -0.4 is 5.32 Å². The molecule has 20 heavy (non-hydrogen) atoms. The molecule has 0 saturated carbocycles. The van der Waals surface area contributed by atoms with Crippen LogP contribution in [0.4, 0.5) is 8.78 Å². The molecule has 0 fully saturated rings. The molecule has 2 rings (SSSR count). The van der Waals surface area contributed by atoms with Gasteiger partial charge in [-0.15, -0.1) is 0 Å². The van der Waals surface area contributed by atoms with Crippen molar-refractivity contribution in [2.24, 2.45) is 0 Å². The Hall–Kier alpha value is -1.85. The minimum atomic E-state index is -1.07. The van der Waals surface area contributed by atoms with Crippen LogP contribution in [-0.2, 0) is 6.42 Å². The molecule has 0 saturated heterocycles. The maximum absolute atomic E-state index is 13.4. The number of nitrogens with one attached hydrogen (secondary N) is 1. The van der Waals surface area contributed by atoms with Gasteiger partial charge in [-0.25, -0.2) is 8.78 Å². The summed E-state index contributed by atoms with van der Waals surface area (Å²) in [5.74, 6) is -1.16. The van der Waals surface area contributed by atoms with Gasteiger partial charge in [0.05, 0.1) is 6.10 Å². The molecule has 0 radical (unpaired) electrons. The van der Waals surface area contributed by atoms with E-state index in [-0.39, 0.29) is 12.1 Å². The van der Waals surface area contributed by atoms with E-state index >= 15 is 0 Å². The Labute approximate surface area is 116 Å². The molecule has 1 atom stereocenters. The van der Waals surface area contributed by atoms with Crippen LogP contribution in [0.2, 0.25) is 0 Å². The zero-order valence-corrected chi connectivity index (χ0v) is 10.9. The van der Waals surface area contributed by atoms with Gasteiger partial charge in [0.1, 0.15) is 11.6 Å². The fourth-order valence-electron chi connectivity index (χ4n) is 1.90. The van der Waals surface area contributed by atoms with E-state index < -0.39 is 17.7 Å². The molecule has 2 aromatic rings. The summed E-state index contributed by atoms with van der Waals surface area (Å²) in [5, 5.41) is 12.9. The van der Waals surface area contributed by atoms with Crippen LogP contribution >= 0.6 is 0 Å². The number of rotatable bonds is 6. The summed E-state index contributed by atoms with van der Waals surface area (Å²) >= 11 is 0. The highest BCUT2D eigenvalue weighted by molar-refractivity contribution is 5.21. The number of benzene rings is 1. The van der Waals surface area contributed by atoms with Crippen molar-refractivity contribution in [3.63, 3.8) is 0 Å². The molecular formula is C15H16F2N2O. The fourth-order valence-corrected chi connectivity index (χ4v) is 1.90. The van der Waals surface area contributed by atoms with Crippen LogP contribution in [0.1, 0.15) is 17.2 Å². The molecule has 0 amide bonds. The second-order valence-corrected chi connectivity index (χ2v) is 4.49. The van der Waals surface area contributed by atoms with Gasteiger partial charge in [0.15, 0.2) is 0 Å². The summed E-state index contributed by atoms with van der Waals surface area (Å²) in [7, 11) is 0. The normalized spacial score (nSPS) is 12.3. The summed E-state index contributed by atoms with van der Waals surface area (Å²) in [6.07, 6.45) is 3.14. The molecule has 1 aromatic heterocycles. The summed E-state index contributed by atoms with van der Waals surface area (Å²) in [6.45, 7) is 0.809. The lowest BCUT2D eigenvalue weighted by molar-refractivity contribution is 0.170. The predicted molar refractivity (Wildman–Crippen MR) is 72.1 cm³/mol. The van der Waals surface area contributed by atoms with E-state index in [1.807, 2.05) is 12.1 Å². The monoisotopic (exact) mass is 278 g/mol. The number of hydrogen-bond acceptors (Lipinski definition) is 3. The number of aliphatic hydroxyl groups is 1. The lowest BCUT2D eigenvalue weighted by atomic mass is 10.1. The van der Waals surface area contributed by atoms with Crippen LogP contribution in [0, 0.1) is 11.6 Å². The third-order valence-electron chi connectivity index (χ3n) is 2.99. The number of hydrogen-bond donors (Lipinski definition) is 2. The van der Waals surface area contributed by atoms with Gasteiger partial charge >= 0.3 is 0 Å². The lowest BCUT2D eigenvalue weighted by Crippen LogP contribution is -2.24. The van der Waals surface area contributed by atoms with Gasteiger partial charge in [-0.05, 0) is 48.9 Å². The Balaban J connectivity index is 1.80. The fraction of sp³-hybridized carbons (Fsp3) is 0.267. The molecule has 1 heterocycles. The highest BCUT2D eigenvalue weighted by atomic mass is 19.1. The maximum Gasteiger partial charge on any atom is 0.129 e. The molecular weight excluding hydrogens is 262 g/mol. The van der Waals surface area contributed by atoms with E-state index in [2.05, 4.69) is 10.3 Å². The third kappa shape index (κ3) is 4.08. The van der Waals surface area contributed by atoms with Crippen LogP contribution in [-0.4, -0.2) is 23.2 Å². The molecule has 5 heteroatoms. The topological polar surface area (TPSA) is 45.1 Å². The molecule has 1 aromatic carbocycles. The number of nitrogens with zero attached hydrogens (tertiary/aromatic N) is 1. The van der Waals surface area contributed by atoms with Gasteiger partial charge < -0.3 is 10.4 Å². The van der Waals surface area contributed by atoms with Crippen molar-refractivity contribution in [1.82, 2.24) is 10.3 Å². The minimum Gasteiger partial charge on any atom is -0.387 e. The molecule has 0 aliphatic heterocycles. The second-order valence-electron chi connectivity index (χ2n) is 4.49. The summed E-state index contributed by atoms with van der Waals surface area (Å²) < 4.78 is 26.4. The largest absolute Gasteiger partial charge is 0.387 e. The Morgan fingerprint density at radius 3 is 2.65 bits per heavy atom. The Morgan fingerprint density at radius 2 is 1.90 bits per heavy atom.